The van der Waals surface area contributed by atoms with Crippen LogP contribution in [0.2, 0.25) is 0 Å². The largest absolute Gasteiger partial charge is 0.465 e. The molecule has 0 aliphatic heterocycles. The van der Waals surface area contributed by atoms with Crippen molar-refractivity contribution in [3.63, 3.8) is 0 Å². The number of carbonyl (C=O) groups is 1. The number of aryl methyl sites for hydroxylation is 1. The Hall–Kier alpha value is -1.97. The van der Waals surface area contributed by atoms with Crippen LogP contribution in [0.25, 0.3) is 11.0 Å². The maximum atomic E-state index is 11.4. The second-order valence-corrected chi connectivity index (χ2v) is 3.29. The van der Waals surface area contributed by atoms with Gasteiger partial charge in [-0.25, -0.2) is 4.79 Å². The van der Waals surface area contributed by atoms with Gasteiger partial charge in [0, 0.05) is 5.39 Å². The molecule has 0 saturated heterocycles. The highest BCUT2D eigenvalue weighted by atomic mass is 16.5. The van der Waals surface area contributed by atoms with Crippen molar-refractivity contribution in [3.05, 3.63) is 29.5 Å². The Bertz CT molecular complexity index is 528. The fourth-order valence-electron chi connectivity index (χ4n) is 1.56. The molecule has 1 aromatic heterocycles. The quantitative estimate of drug-likeness (QED) is 0.572. The molecule has 78 valence electrons. The molecule has 4 nitrogen and oxygen atoms in total. The third-order valence-electron chi connectivity index (χ3n) is 2.24. The van der Waals surface area contributed by atoms with E-state index in [0.29, 0.717) is 28.0 Å². The number of ether oxygens (including phenoxy) is 1. The Balaban J connectivity index is 2.76. The third kappa shape index (κ3) is 1.44. The number of carbonyl (C=O) groups excluding carboxylic acids is 1. The monoisotopic (exact) mass is 205 g/mol. The molecule has 0 atom stereocenters. The highest BCUT2D eigenvalue weighted by molar-refractivity contribution is 6.06. The van der Waals surface area contributed by atoms with Crippen molar-refractivity contribution in [3.8, 4) is 0 Å². The smallest absolute Gasteiger partial charge is 0.338 e. The van der Waals surface area contributed by atoms with Crippen molar-refractivity contribution in [1.82, 2.24) is 0 Å². The molecule has 4 heteroatoms. The van der Waals surface area contributed by atoms with Crippen molar-refractivity contribution in [1.29, 1.82) is 0 Å². The van der Waals surface area contributed by atoms with Gasteiger partial charge in [0.15, 0.2) is 5.58 Å². The summed E-state index contributed by atoms with van der Waals surface area (Å²) in [5, 5.41) is 0.694. The second-order valence-electron chi connectivity index (χ2n) is 3.29. The second kappa shape index (κ2) is 3.31. The van der Waals surface area contributed by atoms with Gasteiger partial charge in [-0.2, -0.15) is 0 Å². The molecule has 2 N–H and O–H groups in total. The van der Waals surface area contributed by atoms with Crippen molar-refractivity contribution in [2.45, 2.75) is 6.92 Å². The fraction of sp³-hybridized carbons (Fsp3) is 0.182. The topological polar surface area (TPSA) is 65.5 Å². The number of nitrogen functional groups attached to an aromatic ring is 1. The third-order valence-corrected chi connectivity index (χ3v) is 2.24. The molecule has 0 spiro atoms. The minimum atomic E-state index is -0.388. The minimum absolute atomic E-state index is 0.388. The van der Waals surface area contributed by atoms with Gasteiger partial charge in [0.2, 0.25) is 0 Å². The van der Waals surface area contributed by atoms with E-state index in [1.807, 2.05) is 0 Å². The lowest BCUT2D eigenvalue weighted by Gasteiger charge is -2.01. The van der Waals surface area contributed by atoms with Gasteiger partial charge in [-0.3, -0.25) is 0 Å². The van der Waals surface area contributed by atoms with E-state index in [9.17, 15) is 4.79 Å². The van der Waals surface area contributed by atoms with Crippen LogP contribution in [-0.2, 0) is 4.74 Å². The van der Waals surface area contributed by atoms with E-state index in [-0.39, 0.29) is 5.97 Å². The molecule has 1 aromatic carbocycles. The molecule has 0 amide bonds. The number of nitrogens with two attached hydrogens (primary N) is 1. The van der Waals surface area contributed by atoms with Gasteiger partial charge < -0.3 is 14.9 Å². The van der Waals surface area contributed by atoms with Gasteiger partial charge in [0.05, 0.1) is 18.4 Å². The molecular formula is C11H11NO3. The van der Waals surface area contributed by atoms with E-state index in [1.165, 1.54) is 7.11 Å². The van der Waals surface area contributed by atoms with Crippen molar-refractivity contribution in [2.75, 3.05) is 12.8 Å². The first-order chi connectivity index (χ1) is 7.13. The molecule has 15 heavy (non-hydrogen) atoms. The lowest BCUT2D eigenvalue weighted by molar-refractivity contribution is 0.0603. The average Bonchev–Trinajstić information content (AvgIpc) is 2.60. The number of furan rings is 1. The van der Waals surface area contributed by atoms with E-state index < -0.39 is 0 Å². The summed E-state index contributed by atoms with van der Waals surface area (Å²) in [7, 11) is 1.34. The van der Waals surface area contributed by atoms with Crippen LogP contribution in [0.3, 0.4) is 0 Å². The first kappa shape index (κ1) is 9.58. The number of benzene rings is 1. The summed E-state index contributed by atoms with van der Waals surface area (Å²) in [6.07, 6.45) is 0. The number of methoxy groups -OCH3 is 1. The van der Waals surface area contributed by atoms with Crippen LogP contribution in [0.5, 0.6) is 0 Å². The van der Waals surface area contributed by atoms with Gasteiger partial charge in [0.25, 0.3) is 0 Å². The predicted octanol–water partition coefficient (Wildman–Crippen LogP) is 2.11. The number of rotatable bonds is 1. The predicted molar refractivity (Wildman–Crippen MR) is 56.7 cm³/mol. The fourth-order valence-corrected chi connectivity index (χ4v) is 1.56. The van der Waals surface area contributed by atoms with Gasteiger partial charge in [0.1, 0.15) is 5.76 Å². The maximum Gasteiger partial charge on any atom is 0.338 e. The summed E-state index contributed by atoms with van der Waals surface area (Å²) in [4.78, 5) is 11.4. The van der Waals surface area contributed by atoms with Crippen LogP contribution in [0, 0.1) is 6.92 Å². The zero-order chi connectivity index (χ0) is 11.0. The summed E-state index contributed by atoms with van der Waals surface area (Å²) in [5.41, 5.74) is 7.26. The summed E-state index contributed by atoms with van der Waals surface area (Å²) in [6.45, 7) is 1.81. The van der Waals surface area contributed by atoms with E-state index in [0.717, 1.165) is 0 Å². The average molecular weight is 205 g/mol. The van der Waals surface area contributed by atoms with Gasteiger partial charge in [-0.05, 0) is 25.1 Å². The Morgan fingerprint density at radius 2 is 2.20 bits per heavy atom. The number of hydrogen-bond donors (Lipinski definition) is 1. The van der Waals surface area contributed by atoms with Crippen LogP contribution in [0.15, 0.2) is 22.6 Å². The van der Waals surface area contributed by atoms with Gasteiger partial charge in [-0.1, -0.05) is 0 Å². The Morgan fingerprint density at radius 1 is 1.47 bits per heavy atom. The van der Waals surface area contributed by atoms with Gasteiger partial charge in [-0.15, -0.1) is 0 Å². The summed E-state index contributed by atoms with van der Waals surface area (Å²) in [6, 6.07) is 5.05. The molecule has 0 bridgehead atoms. The van der Waals surface area contributed by atoms with E-state index in [2.05, 4.69) is 4.74 Å². The van der Waals surface area contributed by atoms with E-state index >= 15 is 0 Å². The summed E-state index contributed by atoms with van der Waals surface area (Å²) in [5.74, 6) is 0.328. The van der Waals surface area contributed by atoms with Crippen LogP contribution in [0.4, 0.5) is 5.69 Å². The highest BCUT2D eigenvalue weighted by Crippen LogP contribution is 2.28. The van der Waals surface area contributed by atoms with Crippen molar-refractivity contribution in [2.24, 2.45) is 0 Å². The number of anilines is 1. The molecule has 0 aliphatic rings. The number of fused-ring (bicyclic) bond motifs is 1. The standard InChI is InChI=1S/C11H11NO3/c1-6-5-8-7(11(13)14-2)3-4-9(12)10(8)15-6/h3-5H,12H2,1-2H3. The highest BCUT2D eigenvalue weighted by Gasteiger charge is 2.14. The summed E-state index contributed by atoms with van der Waals surface area (Å²) < 4.78 is 10.1. The van der Waals surface area contributed by atoms with Crippen molar-refractivity contribution >= 4 is 22.6 Å². The van der Waals surface area contributed by atoms with Gasteiger partial charge >= 0.3 is 5.97 Å². The van der Waals surface area contributed by atoms with Crippen LogP contribution in [-0.4, -0.2) is 13.1 Å². The Kier molecular flexibility index (Phi) is 2.11. The minimum Gasteiger partial charge on any atom is -0.465 e. The zero-order valence-corrected chi connectivity index (χ0v) is 8.53. The zero-order valence-electron chi connectivity index (χ0n) is 8.53. The van der Waals surface area contributed by atoms with E-state index in [1.54, 1.807) is 25.1 Å². The van der Waals surface area contributed by atoms with Crippen molar-refractivity contribution < 1.29 is 13.9 Å². The van der Waals surface area contributed by atoms with E-state index in [4.69, 9.17) is 10.2 Å². The van der Waals surface area contributed by atoms with Crippen LogP contribution in [0.1, 0.15) is 16.1 Å². The molecule has 0 unspecified atom stereocenters. The molecule has 1 heterocycles. The molecule has 0 fully saturated rings. The molecule has 2 rings (SSSR count). The molecule has 2 aromatic rings. The summed E-state index contributed by atoms with van der Waals surface area (Å²) >= 11 is 0. The number of esters is 1. The van der Waals surface area contributed by atoms with Crippen LogP contribution < -0.4 is 5.73 Å². The Labute approximate surface area is 86.6 Å². The SMILES string of the molecule is COC(=O)c1ccc(N)c2oc(C)cc12. The molecule has 0 radical (unpaired) electrons. The molecule has 0 saturated carbocycles. The molecule has 0 aliphatic carbocycles. The lowest BCUT2D eigenvalue weighted by atomic mass is 10.1. The van der Waals surface area contributed by atoms with Crippen LogP contribution >= 0.6 is 0 Å². The maximum absolute atomic E-state index is 11.4. The normalized spacial score (nSPS) is 10.5. The lowest BCUT2D eigenvalue weighted by Crippen LogP contribution is -2.02. The number of hydrogen-bond acceptors (Lipinski definition) is 4. The molecular weight excluding hydrogens is 194 g/mol. The Morgan fingerprint density at radius 3 is 2.87 bits per heavy atom. The first-order valence-corrected chi connectivity index (χ1v) is 4.50. The first-order valence-electron chi connectivity index (χ1n) is 4.50.